The Morgan fingerprint density at radius 1 is 1.31 bits per heavy atom. The molecule has 0 radical (unpaired) electrons. The van der Waals surface area contributed by atoms with Crippen LogP contribution in [0.1, 0.15) is 36.8 Å². The van der Waals surface area contributed by atoms with E-state index in [1.54, 1.807) is 0 Å². The van der Waals surface area contributed by atoms with Crippen molar-refractivity contribution in [2.75, 3.05) is 0 Å². The molecule has 2 nitrogen and oxygen atoms in total. The van der Waals surface area contributed by atoms with Crippen molar-refractivity contribution < 1.29 is 5.11 Å². The number of aliphatic hydroxyl groups is 1. The molecule has 2 aliphatic rings. The van der Waals surface area contributed by atoms with Crippen molar-refractivity contribution in [3.63, 3.8) is 0 Å². The number of aliphatic imine (C=N–C) groups is 1. The second kappa shape index (κ2) is 3.70. The van der Waals surface area contributed by atoms with E-state index in [-0.39, 0.29) is 6.04 Å². The summed E-state index contributed by atoms with van der Waals surface area (Å²) in [5.41, 5.74) is 1.71. The maximum Gasteiger partial charge on any atom is 0.112 e. The molecule has 0 aromatic heterocycles. The molecule has 0 bridgehead atoms. The Kier molecular flexibility index (Phi) is 2.32. The van der Waals surface area contributed by atoms with Gasteiger partial charge >= 0.3 is 0 Å². The van der Waals surface area contributed by atoms with Crippen LogP contribution in [0.25, 0.3) is 0 Å². The molecule has 2 heteroatoms. The normalized spacial score (nSPS) is 32.7. The molecule has 0 amide bonds. The third-order valence-corrected chi connectivity index (χ3v) is 3.91. The summed E-state index contributed by atoms with van der Waals surface area (Å²) in [7, 11) is 0. The van der Waals surface area contributed by atoms with Gasteiger partial charge in [0.25, 0.3) is 0 Å². The molecule has 1 heterocycles. The molecule has 2 atom stereocenters. The smallest absolute Gasteiger partial charge is 0.112 e. The van der Waals surface area contributed by atoms with Crippen molar-refractivity contribution in [1.82, 2.24) is 0 Å². The van der Waals surface area contributed by atoms with E-state index in [4.69, 9.17) is 0 Å². The number of fused-ring (bicyclic) bond motifs is 1. The summed E-state index contributed by atoms with van der Waals surface area (Å²) in [6.45, 7) is 0. The zero-order valence-electron chi connectivity index (χ0n) is 9.39. The van der Waals surface area contributed by atoms with Crippen LogP contribution in [0.2, 0.25) is 0 Å². The molecule has 0 saturated carbocycles. The predicted molar refractivity (Wildman–Crippen MR) is 64.8 cm³/mol. The molecule has 84 valence electrons. The zero-order chi connectivity index (χ0) is 11.0. The fraction of sp³-hybridized carbons (Fsp3) is 0.500. The summed E-state index contributed by atoms with van der Waals surface area (Å²) in [6.07, 6.45) is 7.02. The standard InChI is InChI=1S/C14H17NO/c16-14(13-7-3-4-10-15-13)9-8-11-5-1-2-6-12(11)14/h1-2,5-6,10,13,16H,3-4,7-9H2. The van der Waals surface area contributed by atoms with E-state index < -0.39 is 5.60 Å². The van der Waals surface area contributed by atoms with Crippen LogP contribution in [0.3, 0.4) is 0 Å². The quantitative estimate of drug-likeness (QED) is 0.766. The molecule has 2 unspecified atom stereocenters. The van der Waals surface area contributed by atoms with Gasteiger partial charge in [-0.25, -0.2) is 0 Å². The number of hydrogen-bond acceptors (Lipinski definition) is 2. The molecule has 1 aromatic rings. The van der Waals surface area contributed by atoms with Crippen LogP contribution in [0.5, 0.6) is 0 Å². The number of hydrogen-bond donors (Lipinski definition) is 1. The third kappa shape index (κ3) is 1.40. The van der Waals surface area contributed by atoms with Crippen LogP contribution >= 0.6 is 0 Å². The molecule has 16 heavy (non-hydrogen) atoms. The number of rotatable bonds is 1. The van der Waals surface area contributed by atoms with Gasteiger partial charge in [0, 0.05) is 0 Å². The zero-order valence-corrected chi connectivity index (χ0v) is 9.39. The van der Waals surface area contributed by atoms with Gasteiger partial charge in [0.2, 0.25) is 0 Å². The monoisotopic (exact) mass is 215 g/mol. The lowest BCUT2D eigenvalue weighted by Gasteiger charge is -2.32. The number of benzene rings is 1. The first-order chi connectivity index (χ1) is 7.81. The summed E-state index contributed by atoms with van der Waals surface area (Å²) < 4.78 is 0. The lowest BCUT2D eigenvalue weighted by atomic mass is 9.84. The van der Waals surface area contributed by atoms with E-state index in [0.29, 0.717) is 0 Å². The van der Waals surface area contributed by atoms with Crippen LogP contribution in [0.4, 0.5) is 0 Å². The van der Waals surface area contributed by atoms with E-state index in [2.05, 4.69) is 23.2 Å². The van der Waals surface area contributed by atoms with Gasteiger partial charge < -0.3 is 5.11 Å². The van der Waals surface area contributed by atoms with E-state index in [1.165, 1.54) is 5.56 Å². The molecule has 1 N–H and O–H groups in total. The van der Waals surface area contributed by atoms with Crippen LogP contribution in [0, 0.1) is 0 Å². The predicted octanol–water partition coefficient (Wildman–Crippen LogP) is 2.44. The fourth-order valence-corrected chi connectivity index (χ4v) is 3.01. The molecule has 1 aromatic carbocycles. The molecule has 1 aliphatic heterocycles. The van der Waals surface area contributed by atoms with E-state index >= 15 is 0 Å². The van der Waals surface area contributed by atoms with Gasteiger partial charge in [0.1, 0.15) is 5.60 Å². The SMILES string of the molecule is OC1(C2CCCC=N2)CCc2ccccc21. The Hall–Kier alpha value is -1.15. The Morgan fingerprint density at radius 2 is 2.19 bits per heavy atom. The fourth-order valence-electron chi connectivity index (χ4n) is 3.01. The molecule has 1 aliphatic carbocycles. The summed E-state index contributed by atoms with van der Waals surface area (Å²) in [4.78, 5) is 4.51. The largest absolute Gasteiger partial charge is 0.383 e. The van der Waals surface area contributed by atoms with Gasteiger partial charge in [-0.2, -0.15) is 0 Å². The average Bonchev–Trinajstić information content (AvgIpc) is 2.71. The highest BCUT2D eigenvalue weighted by Gasteiger charge is 2.43. The number of aryl methyl sites for hydroxylation is 1. The minimum absolute atomic E-state index is 0.0740. The van der Waals surface area contributed by atoms with Crippen molar-refractivity contribution >= 4 is 6.21 Å². The van der Waals surface area contributed by atoms with E-state index in [0.717, 1.165) is 37.7 Å². The van der Waals surface area contributed by atoms with Crippen molar-refractivity contribution in [3.05, 3.63) is 35.4 Å². The highest BCUT2D eigenvalue weighted by atomic mass is 16.3. The van der Waals surface area contributed by atoms with Crippen molar-refractivity contribution in [3.8, 4) is 0 Å². The maximum atomic E-state index is 10.9. The van der Waals surface area contributed by atoms with Gasteiger partial charge in [-0.1, -0.05) is 24.3 Å². The second-order valence-electron chi connectivity index (χ2n) is 4.86. The van der Waals surface area contributed by atoms with Crippen molar-refractivity contribution in [2.45, 2.75) is 43.7 Å². The summed E-state index contributed by atoms with van der Waals surface area (Å²) >= 11 is 0. The van der Waals surface area contributed by atoms with Gasteiger partial charge in [-0.05, 0) is 49.4 Å². The van der Waals surface area contributed by atoms with Crippen LogP contribution < -0.4 is 0 Å². The van der Waals surface area contributed by atoms with E-state index in [9.17, 15) is 5.11 Å². The van der Waals surface area contributed by atoms with E-state index in [1.807, 2.05) is 12.3 Å². The summed E-state index contributed by atoms with van der Waals surface area (Å²) in [6, 6.07) is 8.33. The summed E-state index contributed by atoms with van der Waals surface area (Å²) in [5.74, 6) is 0. The molecular formula is C14H17NO. The molecule has 0 saturated heterocycles. The Balaban J connectivity index is 2.00. The van der Waals surface area contributed by atoms with Crippen molar-refractivity contribution in [2.24, 2.45) is 4.99 Å². The van der Waals surface area contributed by atoms with Gasteiger partial charge in [-0.3, -0.25) is 4.99 Å². The molecule has 0 fully saturated rings. The Bertz CT molecular complexity index is 426. The van der Waals surface area contributed by atoms with Crippen LogP contribution in [-0.2, 0) is 12.0 Å². The summed E-state index contributed by atoms with van der Waals surface area (Å²) in [5, 5.41) is 10.9. The highest BCUT2D eigenvalue weighted by Crippen LogP contribution is 2.42. The Morgan fingerprint density at radius 3 is 3.00 bits per heavy atom. The number of nitrogens with zero attached hydrogens (tertiary/aromatic N) is 1. The van der Waals surface area contributed by atoms with Gasteiger partial charge in [0.05, 0.1) is 6.04 Å². The van der Waals surface area contributed by atoms with Crippen molar-refractivity contribution in [1.29, 1.82) is 0 Å². The molecule has 0 spiro atoms. The molecule has 3 rings (SSSR count). The minimum Gasteiger partial charge on any atom is -0.383 e. The molecular weight excluding hydrogens is 198 g/mol. The lowest BCUT2D eigenvalue weighted by Crippen LogP contribution is -2.37. The maximum absolute atomic E-state index is 10.9. The average molecular weight is 215 g/mol. The first-order valence-corrected chi connectivity index (χ1v) is 6.13. The van der Waals surface area contributed by atoms with Gasteiger partial charge in [-0.15, -0.1) is 0 Å². The second-order valence-corrected chi connectivity index (χ2v) is 4.86. The van der Waals surface area contributed by atoms with Gasteiger partial charge in [0.15, 0.2) is 0 Å². The van der Waals surface area contributed by atoms with Crippen LogP contribution in [0.15, 0.2) is 29.3 Å². The highest BCUT2D eigenvalue weighted by molar-refractivity contribution is 5.59. The first kappa shape index (κ1) is 10.0. The lowest BCUT2D eigenvalue weighted by molar-refractivity contribution is 0.00809. The first-order valence-electron chi connectivity index (χ1n) is 6.13. The Labute approximate surface area is 96.0 Å². The topological polar surface area (TPSA) is 32.6 Å². The third-order valence-electron chi connectivity index (χ3n) is 3.91. The minimum atomic E-state index is -0.701. The van der Waals surface area contributed by atoms with Crippen LogP contribution in [-0.4, -0.2) is 17.4 Å².